The maximum Gasteiger partial charge on any atom is 0.394 e. The van der Waals surface area contributed by atoms with Crippen LogP contribution in [0.4, 0.5) is 0 Å². The summed E-state index contributed by atoms with van der Waals surface area (Å²) < 4.78 is 36.0. The van der Waals surface area contributed by atoms with Crippen LogP contribution in [0.5, 0.6) is 0 Å². The fourth-order valence-corrected chi connectivity index (χ4v) is 1.16. The van der Waals surface area contributed by atoms with Gasteiger partial charge in [-0.05, 0) is 6.42 Å². The molecule has 0 atom stereocenters. The van der Waals surface area contributed by atoms with Crippen LogP contribution in [-0.2, 0) is 24.0 Å². The summed E-state index contributed by atoms with van der Waals surface area (Å²) in [5.74, 6) is 1.33. The predicted molar refractivity (Wildman–Crippen MR) is 59.4 cm³/mol. The van der Waals surface area contributed by atoms with E-state index in [1.165, 1.54) is 18.7 Å². The van der Waals surface area contributed by atoms with Gasteiger partial charge in [-0.2, -0.15) is 8.42 Å². The van der Waals surface area contributed by atoms with E-state index in [4.69, 9.17) is 17.5 Å². The quantitative estimate of drug-likeness (QED) is 0.614. The third-order valence-electron chi connectivity index (χ3n) is 2.15. The van der Waals surface area contributed by atoms with Gasteiger partial charge in [0.05, 0.1) is 13.6 Å². The molecular weight excluding hydrogens is 232 g/mol. The molecule has 0 aliphatic carbocycles. The summed E-state index contributed by atoms with van der Waals surface area (Å²) in [4.78, 5) is 0. The van der Waals surface area contributed by atoms with Crippen LogP contribution in [0.2, 0.25) is 0 Å². The van der Waals surface area contributed by atoms with E-state index in [0.717, 1.165) is 6.54 Å². The molecule has 1 aromatic rings. The molecular formula is C9H19N2O4S+. The summed E-state index contributed by atoms with van der Waals surface area (Å²) in [5.41, 5.74) is 0. The number of aromatic nitrogens is 2. The number of rotatable bonds is 3. The Morgan fingerprint density at radius 2 is 1.94 bits per heavy atom. The molecule has 0 radical (unpaired) electrons. The average Bonchev–Trinajstić information content (AvgIpc) is 2.42. The summed E-state index contributed by atoms with van der Waals surface area (Å²) in [7, 11) is -2.59. The van der Waals surface area contributed by atoms with Crippen LogP contribution >= 0.6 is 0 Å². The Balaban J connectivity index is 0.000000385. The molecule has 0 saturated carbocycles. The van der Waals surface area contributed by atoms with Crippen molar-refractivity contribution in [2.24, 2.45) is 7.05 Å². The monoisotopic (exact) mass is 251 g/mol. The van der Waals surface area contributed by atoms with Crippen LogP contribution in [0.15, 0.2) is 12.4 Å². The van der Waals surface area contributed by atoms with Crippen LogP contribution in [0.25, 0.3) is 0 Å². The van der Waals surface area contributed by atoms with Gasteiger partial charge in [0.25, 0.3) is 5.82 Å². The van der Waals surface area contributed by atoms with Crippen LogP contribution in [0.1, 0.15) is 25.6 Å². The van der Waals surface area contributed by atoms with E-state index in [-0.39, 0.29) is 0 Å². The van der Waals surface area contributed by atoms with E-state index < -0.39 is 10.4 Å². The van der Waals surface area contributed by atoms with Crippen molar-refractivity contribution in [3.05, 3.63) is 18.2 Å². The highest BCUT2D eigenvalue weighted by atomic mass is 32.3. The van der Waals surface area contributed by atoms with Gasteiger partial charge in [-0.3, -0.25) is 9.11 Å². The highest BCUT2D eigenvalue weighted by molar-refractivity contribution is 7.79. The molecule has 0 aromatic carbocycles. The first-order chi connectivity index (χ1) is 7.25. The molecule has 0 amide bonds. The first-order valence-electron chi connectivity index (χ1n) is 4.97. The van der Waals surface area contributed by atoms with Crippen molar-refractivity contribution in [2.45, 2.75) is 33.2 Å². The Labute approximate surface area is 96.1 Å². The van der Waals surface area contributed by atoms with Crippen LogP contribution < -0.4 is 4.57 Å². The molecule has 7 heteroatoms. The first-order valence-corrected chi connectivity index (χ1v) is 6.36. The minimum atomic E-state index is -4.67. The minimum absolute atomic E-state index is 1.16. The van der Waals surface area contributed by atoms with E-state index in [0.29, 0.717) is 0 Å². The lowest BCUT2D eigenvalue weighted by Gasteiger charge is -1.95. The zero-order valence-electron chi connectivity index (χ0n) is 9.79. The standard InChI is InChI=1S/C9H17N2.H2O4S/c1-4-5-6-11-8-7-10(3)9(11)2;1-5(2,3)4/h7-8H,4-6H2,1-3H3;(H2,1,2,3,4)/q+1;. The summed E-state index contributed by atoms with van der Waals surface area (Å²) in [6, 6.07) is 0. The highest BCUT2D eigenvalue weighted by Crippen LogP contribution is 1.96. The van der Waals surface area contributed by atoms with Gasteiger partial charge in [0.1, 0.15) is 12.4 Å². The zero-order valence-corrected chi connectivity index (χ0v) is 10.6. The Kier molecular flexibility index (Phi) is 6.24. The van der Waals surface area contributed by atoms with Crippen molar-refractivity contribution in [3.63, 3.8) is 0 Å². The Morgan fingerprint density at radius 3 is 2.25 bits per heavy atom. The van der Waals surface area contributed by atoms with Gasteiger partial charge >= 0.3 is 10.4 Å². The molecule has 0 unspecified atom stereocenters. The van der Waals surface area contributed by atoms with Crippen molar-refractivity contribution >= 4 is 10.4 Å². The van der Waals surface area contributed by atoms with E-state index in [1.807, 2.05) is 0 Å². The first kappa shape index (κ1) is 15.1. The maximum atomic E-state index is 8.74. The van der Waals surface area contributed by atoms with E-state index in [2.05, 4.69) is 42.4 Å². The highest BCUT2D eigenvalue weighted by Gasteiger charge is 2.06. The normalized spacial score (nSPS) is 10.8. The second kappa shape index (κ2) is 6.62. The topological polar surface area (TPSA) is 83.4 Å². The SMILES string of the molecule is CCCCn1cc[n+](C)c1C.O=S(=O)(O)O. The second-order valence-electron chi connectivity index (χ2n) is 3.45. The predicted octanol–water partition coefficient (Wildman–Crippen LogP) is 0.768. The number of unbranched alkanes of at least 4 members (excludes halogenated alkanes) is 1. The summed E-state index contributed by atoms with van der Waals surface area (Å²) in [5, 5.41) is 0. The molecule has 0 aliphatic heterocycles. The molecule has 0 spiro atoms. The molecule has 0 saturated heterocycles. The van der Waals surface area contributed by atoms with Crippen molar-refractivity contribution in [3.8, 4) is 0 Å². The fraction of sp³-hybridized carbons (Fsp3) is 0.667. The van der Waals surface area contributed by atoms with Crippen LogP contribution in [-0.4, -0.2) is 22.1 Å². The number of aryl methyl sites for hydroxylation is 2. The number of hydrogen-bond acceptors (Lipinski definition) is 2. The van der Waals surface area contributed by atoms with E-state index in [9.17, 15) is 0 Å². The van der Waals surface area contributed by atoms with Crippen molar-refractivity contribution in [2.75, 3.05) is 0 Å². The maximum absolute atomic E-state index is 8.74. The third-order valence-corrected chi connectivity index (χ3v) is 2.15. The molecule has 0 aliphatic rings. The van der Waals surface area contributed by atoms with E-state index in [1.54, 1.807) is 0 Å². The fourth-order valence-electron chi connectivity index (χ4n) is 1.16. The van der Waals surface area contributed by atoms with Crippen LogP contribution in [0.3, 0.4) is 0 Å². The Hall–Kier alpha value is -0.920. The Bertz CT molecular complexity index is 403. The molecule has 0 fully saturated rings. The van der Waals surface area contributed by atoms with Gasteiger partial charge in [0.2, 0.25) is 0 Å². The average molecular weight is 251 g/mol. The number of hydrogen-bond donors (Lipinski definition) is 2. The number of imidazole rings is 1. The lowest BCUT2D eigenvalue weighted by Crippen LogP contribution is -2.29. The lowest BCUT2D eigenvalue weighted by atomic mass is 10.3. The van der Waals surface area contributed by atoms with Gasteiger partial charge in [-0.25, -0.2) is 9.13 Å². The molecule has 94 valence electrons. The van der Waals surface area contributed by atoms with Gasteiger partial charge in [0, 0.05) is 6.92 Å². The summed E-state index contributed by atoms with van der Waals surface area (Å²) in [6.07, 6.45) is 6.78. The molecule has 16 heavy (non-hydrogen) atoms. The molecule has 0 bridgehead atoms. The smallest absolute Gasteiger partial charge is 0.264 e. The molecule has 2 N–H and O–H groups in total. The van der Waals surface area contributed by atoms with Gasteiger partial charge < -0.3 is 0 Å². The molecule has 1 heterocycles. The van der Waals surface area contributed by atoms with E-state index >= 15 is 0 Å². The van der Waals surface area contributed by atoms with Crippen molar-refractivity contribution in [1.82, 2.24) is 4.57 Å². The third kappa shape index (κ3) is 7.38. The summed E-state index contributed by atoms with van der Waals surface area (Å²) >= 11 is 0. The second-order valence-corrected chi connectivity index (χ2v) is 4.35. The zero-order chi connectivity index (χ0) is 12.8. The van der Waals surface area contributed by atoms with Gasteiger partial charge in [-0.1, -0.05) is 13.3 Å². The lowest BCUT2D eigenvalue weighted by molar-refractivity contribution is -0.677. The Morgan fingerprint density at radius 1 is 1.44 bits per heavy atom. The minimum Gasteiger partial charge on any atom is -0.264 e. The summed E-state index contributed by atoms with van der Waals surface area (Å²) in [6.45, 7) is 5.53. The molecule has 1 rings (SSSR count). The number of nitrogens with zero attached hydrogens (tertiary/aromatic N) is 2. The van der Waals surface area contributed by atoms with Crippen molar-refractivity contribution < 1.29 is 22.1 Å². The molecule has 1 aromatic heterocycles. The molecule has 6 nitrogen and oxygen atoms in total. The largest absolute Gasteiger partial charge is 0.394 e. The van der Waals surface area contributed by atoms with Crippen LogP contribution in [0, 0.1) is 6.92 Å². The van der Waals surface area contributed by atoms with Gasteiger partial charge in [-0.15, -0.1) is 0 Å². The van der Waals surface area contributed by atoms with Crippen molar-refractivity contribution in [1.29, 1.82) is 0 Å². The van der Waals surface area contributed by atoms with Gasteiger partial charge in [0.15, 0.2) is 0 Å².